The molecule has 156 valence electrons. The molecule has 0 radical (unpaired) electrons. The third-order valence-corrected chi connectivity index (χ3v) is 5.70. The van der Waals surface area contributed by atoms with Crippen molar-refractivity contribution in [3.63, 3.8) is 0 Å². The lowest BCUT2D eigenvalue weighted by atomic mass is 9.87. The Hall–Kier alpha value is -3.53. The highest BCUT2D eigenvalue weighted by Gasteiger charge is 2.47. The quantitative estimate of drug-likeness (QED) is 0.652. The molecule has 1 amide bonds. The summed E-state index contributed by atoms with van der Waals surface area (Å²) in [5.41, 5.74) is 1.04. The van der Waals surface area contributed by atoms with Gasteiger partial charge in [0.25, 0.3) is 5.91 Å². The summed E-state index contributed by atoms with van der Waals surface area (Å²) >= 11 is 0. The van der Waals surface area contributed by atoms with Crippen molar-refractivity contribution in [2.24, 2.45) is 0 Å². The van der Waals surface area contributed by atoms with Crippen LogP contribution in [0, 0.1) is 11.3 Å². The Balaban J connectivity index is 1.76. The van der Waals surface area contributed by atoms with Crippen LogP contribution in [0.3, 0.4) is 0 Å². The molecular weight excluding hydrogens is 386 g/mol. The zero-order valence-electron chi connectivity index (χ0n) is 17.2. The Bertz CT molecular complexity index is 990. The second-order valence-electron chi connectivity index (χ2n) is 7.53. The van der Waals surface area contributed by atoms with Crippen LogP contribution in [0.15, 0.2) is 85.2 Å². The first-order chi connectivity index (χ1) is 15.3. The van der Waals surface area contributed by atoms with Crippen LogP contribution in [0.25, 0.3) is 0 Å². The maximum atomic E-state index is 13.9. The van der Waals surface area contributed by atoms with Gasteiger partial charge in [0.15, 0.2) is 0 Å². The summed E-state index contributed by atoms with van der Waals surface area (Å²) in [4.78, 5) is 20.1. The van der Waals surface area contributed by atoms with Gasteiger partial charge in [-0.2, -0.15) is 5.26 Å². The molecule has 1 atom stereocenters. The fourth-order valence-electron chi connectivity index (χ4n) is 4.11. The summed E-state index contributed by atoms with van der Waals surface area (Å²) in [5, 5.41) is 16.9. The van der Waals surface area contributed by atoms with Crippen molar-refractivity contribution < 1.29 is 4.79 Å². The minimum absolute atomic E-state index is 0.345. The van der Waals surface area contributed by atoms with Gasteiger partial charge < -0.3 is 10.6 Å². The van der Waals surface area contributed by atoms with Gasteiger partial charge in [-0.15, -0.1) is 0 Å². The van der Waals surface area contributed by atoms with Crippen LogP contribution in [-0.4, -0.2) is 42.0 Å². The number of aromatic nitrogens is 1. The molecule has 1 aromatic heterocycles. The first kappa shape index (κ1) is 20.7. The monoisotopic (exact) mass is 411 g/mol. The average Bonchev–Trinajstić information content (AvgIpc) is 2.86. The number of nitrogens with zero attached hydrogens (tertiary/aromatic N) is 3. The maximum Gasteiger partial charge on any atom is 0.260 e. The van der Waals surface area contributed by atoms with Gasteiger partial charge in [0.05, 0.1) is 6.04 Å². The minimum atomic E-state index is -1.46. The topological polar surface area (TPSA) is 81.0 Å². The van der Waals surface area contributed by atoms with Crippen molar-refractivity contribution in [2.75, 3.05) is 26.2 Å². The SMILES string of the molecule is N#CC(C(=O)NC(c1ccccc1)c1ccccc1)(c1cccnc1)N1CCNCC1. The highest BCUT2D eigenvalue weighted by atomic mass is 16.2. The minimum Gasteiger partial charge on any atom is -0.342 e. The van der Waals surface area contributed by atoms with Gasteiger partial charge in [0, 0.05) is 44.1 Å². The molecule has 6 heteroatoms. The van der Waals surface area contributed by atoms with E-state index < -0.39 is 5.54 Å². The molecule has 2 aromatic carbocycles. The Kier molecular flexibility index (Phi) is 6.37. The van der Waals surface area contributed by atoms with Crippen LogP contribution in [-0.2, 0) is 10.3 Å². The predicted molar refractivity (Wildman–Crippen MR) is 119 cm³/mol. The number of benzene rings is 2. The van der Waals surface area contributed by atoms with E-state index in [0.29, 0.717) is 18.7 Å². The number of carbonyl (C=O) groups excluding carboxylic acids is 1. The number of pyridine rings is 1. The Morgan fingerprint density at radius 3 is 2.13 bits per heavy atom. The largest absolute Gasteiger partial charge is 0.342 e. The average molecular weight is 412 g/mol. The Morgan fingerprint density at radius 2 is 1.61 bits per heavy atom. The summed E-state index contributed by atoms with van der Waals surface area (Å²) in [7, 11) is 0. The molecule has 1 aliphatic rings. The molecule has 0 spiro atoms. The van der Waals surface area contributed by atoms with E-state index in [-0.39, 0.29) is 11.9 Å². The van der Waals surface area contributed by atoms with Gasteiger partial charge in [-0.1, -0.05) is 66.7 Å². The first-order valence-electron chi connectivity index (χ1n) is 10.4. The molecule has 2 N–H and O–H groups in total. The normalized spacial score (nSPS) is 16.3. The number of nitriles is 1. The van der Waals surface area contributed by atoms with Crippen LogP contribution in [0.2, 0.25) is 0 Å². The van der Waals surface area contributed by atoms with Gasteiger partial charge >= 0.3 is 0 Å². The van der Waals surface area contributed by atoms with E-state index in [4.69, 9.17) is 0 Å². The fraction of sp³-hybridized carbons (Fsp3) is 0.240. The molecule has 6 nitrogen and oxygen atoms in total. The van der Waals surface area contributed by atoms with E-state index in [0.717, 1.165) is 24.2 Å². The molecule has 0 aliphatic carbocycles. The molecule has 1 aliphatic heterocycles. The summed E-state index contributed by atoms with van der Waals surface area (Å²) in [6, 6.07) is 25.2. The van der Waals surface area contributed by atoms with Crippen LogP contribution < -0.4 is 10.6 Å². The van der Waals surface area contributed by atoms with Gasteiger partial charge in [0.1, 0.15) is 6.07 Å². The van der Waals surface area contributed by atoms with E-state index >= 15 is 0 Å². The lowest BCUT2D eigenvalue weighted by Gasteiger charge is -2.40. The molecule has 1 unspecified atom stereocenters. The lowest BCUT2D eigenvalue weighted by molar-refractivity contribution is -0.131. The summed E-state index contributed by atoms with van der Waals surface area (Å²) < 4.78 is 0. The van der Waals surface area contributed by atoms with Gasteiger partial charge in [0.2, 0.25) is 5.54 Å². The summed E-state index contributed by atoms with van der Waals surface area (Å²) in [6.07, 6.45) is 3.27. The van der Waals surface area contributed by atoms with E-state index in [2.05, 4.69) is 21.7 Å². The molecule has 0 saturated carbocycles. The highest BCUT2D eigenvalue weighted by molar-refractivity contribution is 5.91. The highest BCUT2D eigenvalue weighted by Crippen LogP contribution is 2.31. The number of rotatable bonds is 6. The number of hydrogen-bond donors (Lipinski definition) is 2. The van der Waals surface area contributed by atoms with Gasteiger partial charge in [-0.05, 0) is 17.2 Å². The van der Waals surface area contributed by atoms with E-state index in [1.54, 1.807) is 24.5 Å². The van der Waals surface area contributed by atoms with Crippen molar-refractivity contribution in [3.05, 3.63) is 102 Å². The smallest absolute Gasteiger partial charge is 0.260 e. The van der Waals surface area contributed by atoms with Crippen molar-refractivity contribution in [1.82, 2.24) is 20.5 Å². The molecule has 4 rings (SSSR count). The van der Waals surface area contributed by atoms with Crippen LogP contribution >= 0.6 is 0 Å². The fourth-order valence-corrected chi connectivity index (χ4v) is 4.11. The molecule has 1 fully saturated rings. The second kappa shape index (κ2) is 9.52. The maximum absolute atomic E-state index is 13.9. The number of amides is 1. The molecular formula is C25H25N5O. The van der Waals surface area contributed by atoms with Crippen molar-refractivity contribution >= 4 is 5.91 Å². The molecule has 0 bridgehead atoms. The first-order valence-corrected chi connectivity index (χ1v) is 10.4. The second-order valence-corrected chi connectivity index (χ2v) is 7.53. The van der Waals surface area contributed by atoms with Gasteiger partial charge in [-0.3, -0.25) is 14.7 Å². The Labute approximate surface area is 182 Å². The molecule has 3 aromatic rings. The van der Waals surface area contributed by atoms with Gasteiger partial charge in [-0.25, -0.2) is 0 Å². The molecule has 2 heterocycles. The van der Waals surface area contributed by atoms with E-state index in [9.17, 15) is 10.1 Å². The van der Waals surface area contributed by atoms with Crippen LogP contribution in [0.5, 0.6) is 0 Å². The summed E-state index contributed by atoms with van der Waals surface area (Å²) in [6.45, 7) is 2.63. The van der Waals surface area contributed by atoms with Crippen LogP contribution in [0.1, 0.15) is 22.7 Å². The standard InChI is InChI=1S/C25H25N5O/c26-19-25(22-12-7-13-28-18-22,30-16-14-27-15-17-30)24(31)29-23(20-8-3-1-4-9-20)21-10-5-2-6-11-21/h1-13,18,23,27H,14-17H2,(H,29,31). The number of piperazine rings is 1. The number of hydrogen-bond acceptors (Lipinski definition) is 5. The molecule has 31 heavy (non-hydrogen) atoms. The third-order valence-electron chi connectivity index (χ3n) is 5.70. The van der Waals surface area contributed by atoms with Crippen molar-refractivity contribution in [3.8, 4) is 6.07 Å². The molecule has 1 saturated heterocycles. The number of carbonyl (C=O) groups is 1. The number of nitrogens with one attached hydrogen (secondary N) is 2. The Morgan fingerprint density at radius 1 is 1.00 bits per heavy atom. The summed E-state index contributed by atoms with van der Waals surface area (Å²) in [5.74, 6) is -0.345. The third kappa shape index (κ3) is 4.19. The zero-order valence-corrected chi connectivity index (χ0v) is 17.2. The van der Waals surface area contributed by atoms with E-state index in [1.165, 1.54) is 0 Å². The zero-order chi connectivity index (χ0) is 21.5. The van der Waals surface area contributed by atoms with E-state index in [1.807, 2.05) is 65.6 Å². The van der Waals surface area contributed by atoms with Crippen molar-refractivity contribution in [1.29, 1.82) is 5.26 Å². The predicted octanol–water partition coefficient (Wildman–Crippen LogP) is 2.61. The lowest BCUT2D eigenvalue weighted by Crippen LogP contribution is -2.60. The van der Waals surface area contributed by atoms with Crippen molar-refractivity contribution in [2.45, 2.75) is 11.6 Å². The van der Waals surface area contributed by atoms with Crippen LogP contribution in [0.4, 0.5) is 0 Å².